The third-order valence-electron chi connectivity index (χ3n) is 12.2. The predicted molar refractivity (Wildman–Crippen MR) is 240 cm³/mol. The molecule has 5 heteroatoms. The van der Waals surface area contributed by atoms with Crippen molar-refractivity contribution in [2.75, 3.05) is 9.80 Å². The predicted octanol–water partition coefficient (Wildman–Crippen LogP) is 12.5. The Kier molecular flexibility index (Phi) is 5.05. The summed E-state index contributed by atoms with van der Waals surface area (Å²) in [6.45, 7) is -5.75. The van der Waals surface area contributed by atoms with E-state index in [1.54, 1.807) is 12.1 Å². The molecule has 9 aromatic carbocycles. The Balaban J connectivity index is 1.26. The fourth-order valence-electron chi connectivity index (χ4n) is 9.84. The fourth-order valence-corrected chi connectivity index (χ4v) is 9.84. The Morgan fingerprint density at radius 2 is 0.877 bits per heavy atom. The number of hydrogen-bond acceptors (Lipinski definition) is 4. The van der Waals surface area contributed by atoms with Gasteiger partial charge in [0.15, 0.2) is 0 Å². The van der Waals surface area contributed by atoms with E-state index in [9.17, 15) is 0 Å². The van der Waals surface area contributed by atoms with Gasteiger partial charge in [0.2, 0.25) is 0 Å². The quantitative estimate of drug-likeness (QED) is 0.166. The molecule has 0 spiro atoms. The van der Waals surface area contributed by atoms with Crippen LogP contribution in [0.3, 0.4) is 0 Å². The van der Waals surface area contributed by atoms with Gasteiger partial charge >= 0.3 is 0 Å². The molecule has 266 valence electrons. The van der Waals surface area contributed by atoms with Gasteiger partial charge in [0.25, 0.3) is 6.71 Å². The first-order valence-corrected chi connectivity index (χ1v) is 19.2. The first kappa shape index (κ1) is 25.8. The van der Waals surface area contributed by atoms with Crippen molar-refractivity contribution in [1.29, 1.82) is 0 Å². The van der Waals surface area contributed by atoms with Gasteiger partial charge in [-0.1, -0.05) is 103 Å². The van der Waals surface area contributed by atoms with E-state index in [1.807, 2.05) is 84.9 Å². The summed E-state index contributed by atoms with van der Waals surface area (Å²) in [7, 11) is 0. The number of benzene rings is 9. The molecule has 0 saturated heterocycles. The van der Waals surface area contributed by atoms with Gasteiger partial charge in [0.1, 0.15) is 22.3 Å². The highest BCUT2D eigenvalue weighted by Crippen LogP contribution is 2.51. The van der Waals surface area contributed by atoms with Crippen LogP contribution >= 0.6 is 0 Å². The fraction of sp³-hybridized carbons (Fsp3) is 0.0385. The highest BCUT2D eigenvalue weighted by atomic mass is 16.3. The van der Waals surface area contributed by atoms with Crippen LogP contribution < -0.4 is 26.2 Å². The van der Waals surface area contributed by atoms with Gasteiger partial charge < -0.3 is 18.6 Å². The van der Waals surface area contributed by atoms with Crippen molar-refractivity contribution in [1.82, 2.24) is 0 Å². The average Bonchev–Trinajstić information content (AvgIpc) is 3.84. The van der Waals surface area contributed by atoms with Gasteiger partial charge in [-0.15, -0.1) is 0 Å². The van der Waals surface area contributed by atoms with Crippen LogP contribution in [0.5, 0.6) is 0 Å². The van der Waals surface area contributed by atoms with E-state index in [0.717, 1.165) is 82.8 Å². The molecular formula is C52H33BN2O2. The molecule has 0 unspecified atom stereocenters. The molecule has 0 saturated carbocycles. The lowest BCUT2D eigenvalue weighted by atomic mass is 9.33. The molecule has 0 aliphatic carbocycles. The number of rotatable bonds is 2. The van der Waals surface area contributed by atoms with E-state index in [4.69, 9.17) is 17.1 Å². The molecule has 13 rings (SSSR count). The molecule has 0 amide bonds. The van der Waals surface area contributed by atoms with Crippen LogP contribution in [-0.2, 0) is 0 Å². The molecule has 11 aromatic rings. The Morgan fingerprint density at radius 3 is 1.32 bits per heavy atom. The molecule has 0 bridgehead atoms. The molecule has 0 N–H and O–H groups in total. The largest absolute Gasteiger partial charge is 0.456 e. The van der Waals surface area contributed by atoms with Gasteiger partial charge in [-0.25, -0.2) is 0 Å². The first-order valence-electron chi connectivity index (χ1n) is 22.2. The molecular weight excluding hydrogens is 695 g/mol. The van der Waals surface area contributed by atoms with Crippen molar-refractivity contribution < 1.29 is 17.1 Å². The molecule has 0 atom stereocenters. The Hall–Kier alpha value is -7.24. The lowest BCUT2D eigenvalue weighted by Crippen LogP contribution is -2.61. The van der Waals surface area contributed by atoms with Crippen molar-refractivity contribution in [3.05, 3.63) is 175 Å². The minimum atomic E-state index is -2.57. The Bertz CT molecular complexity index is 3510. The van der Waals surface area contributed by atoms with Crippen LogP contribution in [0.25, 0.3) is 65.4 Å². The number of anilines is 6. The summed E-state index contributed by atoms with van der Waals surface area (Å²) in [5, 5.41) is 6.90. The molecule has 0 fully saturated rings. The maximum atomic E-state index is 9.04. The topological polar surface area (TPSA) is 32.8 Å². The van der Waals surface area contributed by atoms with Gasteiger partial charge in [0, 0.05) is 41.7 Å². The lowest BCUT2D eigenvalue weighted by molar-refractivity contribution is 0.666. The molecule has 0 radical (unpaired) electrons. The third kappa shape index (κ3) is 4.13. The minimum Gasteiger partial charge on any atom is -0.456 e. The summed E-state index contributed by atoms with van der Waals surface area (Å²) in [5.74, 6) is 0. The number of fused-ring (bicyclic) bond motifs is 14. The van der Waals surface area contributed by atoms with Gasteiger partial charge in [-0.2, -0.15) is 0 Å². The van der Waals surface area contributed by atoms with E-state index in [0.29, 0.717) is 33.1 Å². The number of furan rings is 2. The SMILES string of the molecule is [2H]C([2H])([2H])c1cc2c(c3c1oc1cc4ccccc4cc13)N(c1ccccc1)c1cccc3c1B2c1cc(C([2H])([2H])[2H])c2oc4cc5ccccc5cc4c2c1N3c1ccccc1. The van der Waals surface area contributed by atoms with E-state index in [2.05, 4.69) is 76.5 Å². The standard InChI is InChI=1S/C52H33BN2O2/c1-30-24-40-49(46-38-26-32-14-9-11-16-34(32)28-44(38)56-51(30)46)54(36-18-5-3-6-19-36)42-22-13-23-43-48(42)53(40)41-25-31(2)52-47(50(41)55(43)37-20-7-4-8-21-37)39-27-33-15-10-12-17-35(33)29-45(39)57-52/h3-29H,1-2H3/i1D3,2D3. The second-order valence-corrected chi connectivity index (χ2v) is 15.2. The average molecular weight is 735 g/mol. The van der Waals surface area contributed by atoms with Crippen LogP contribution in [0.15, 0.2) is 173 Å². The summed E-state index contributed by atoms with van der Waals surface area (Å²) in [6, 6.07) is 54.4. The molecule has 2 aliphatic heterocycles. The smallest absolute Gasteiger partial charge is 0.252 e. The minimum absolute atomic E-state index is 0.0924. The van der Waals surface area contributed by atoms with Gasteiger partial charge in [0.05, 0.1) is 22.1 Å². The monoisotopic (exact) mass is 734 g/mol. The highest BCUT2D eigenvalue weighted by Gasteiger charge is 2.45. The lowest BCUT2D eigenvalue weighted by Gasteiger charge is -2.44. The zero-order valence-electron chi connectivity index (χ0n) is 36.4. The van der Waals surface area contributed by atoms with Crippen molar-refractivity contribution in [2.45, 2.75) is 13.7 Å². The van der Waals surface area contributed by atoms with Crippen LogP contribution in [0.2, 0.25) is 0 Å². The second kappa shape index (κ2) is 11.2. The Labute approximate surface area is 337 Å². The number of para-hydroxylation sites is 2. The van der Waals surface area contributed by atoms with Gasteiger partial charge in [-0.3, -0.25) is 0 Å². The number of nitrogens with zero attached hydrogens (tertiary/aromatic N) is 2. The van der Waals surface area contributed by atoms with Crippen molar-refractivity contribution >= 4 is 123 Å². The van der Waals surface area contributed by atoms with Crippen molar-refractivity contribution in [3.8, 4) is 0 Å². The molecule has 2 aliphatic rings. The molecule has 4 heterocycles. The zero-order valence-corrected chi connectivity index (χ0v) is 30.4. The Morgan fingerprint density at radius 1 is 0.456 bits per heavy atom. The zero-order chi connectivity index (χ0) is 42.5. The number of hydrogen-bond donors (Lipinski definition) is 0. The normalized spacial score (nSPS) is 15.3. The molecule has 57 heavy (non-hydrogen) atoms. The summed E-state index contributed by atoms with van der Waals surface area (Å²) in [4.78, 5) is 4.47. The maximum absolute atomic E-state index is 9.04. The van der Waals surface area contributed by atoms with Gasteiger partial charge in [-0.05, 0) is 123 Å². The maximum Gasteiger partial charge on any atom is 0.252 e. The van der Waals surface area contributed by atoms with Crippen LogP contribution in [0.1, 0.15) is 19.4 Å². The van der Waals surface area contributed by atoms with E-state index >= 15 is 0 Å². The van der Waals surface area contributed by atoms with Crippen molar-refractivity contribution in [2.24, 2.45) is 0 Å². The highest BCUT2D eigenvalue weighted by molar-refractivity contribution is 7.01. The summed E-state index contributed by atoms with van der Waals surface area (Å²) in [6.07, 6.45) is 0. The third-order valence-corrected chi connectivity index (χ3v) is 12.2. The molecule has 4 nitrogen and oxygen atoms in total. The summed E-state index contributed by atoms with van der Waals surface area (Å²) >= 11 is 0. The van der Waals surface area contributed by atoms with Crippen LogP contribution in [-0.4, -0.2) is 6.71 Å². The number of aryl methyl sites for hydroxylation is 2. The summed E-state index contributed by atoms with van der Waals surface area (Å²) < 4.78 is 67.7. The van der Waals surface area contributed by atoms with E-state index in [-0.39, 0.29) is 11.1 Å². The van der Waals surface area contributed by atoms with E-state index in [1.165, 1.54) is 0 Å². The van der Waals surface area contributed by atoms with Crippen LogP contribution in [0.4, 0.5) is 34.1 Å². The first-order chi connectivity index (χ1) is 30.5. The van der Waals surface area contributed by atoms with Crippen LogP contribution in [0, 0.1) is 13.7 Å². The second-order valence-electron chi connectivity index (χ2n) is 15.2. The van der Waals surface area contributed by atoms with Crippen molar-refractivity contribution in [3.63, 3.8) is 0 Å². The molecule has 2 aromatic heterocycles. The summed E-state index contributed by atoms with van der Waals surface area (Å²) in [5.41, 5.74) is 9.44. The van der Waals surface area contributed by atoms with E-state index < -0.39 is 20.4 Å².